The summed E-state index contributed by atoms with van der Waals surface area (Å²) in [6.07, 6.45) is -0.809. The molecule has 2 aromatic rings. The molecule has 0 aliphatic heterocycles. The zero-order chi connectivity index (χ0) is 11.5. The Morgan fingerprint density at radius 1 is 1.25 bits per heavy atom. The number of rotatable bonds is 3. The van der Waals surface area contributed by atoms with Crippen molar-refractivity contribution in [3.05, 3.63) is 48.3 Å². The number of halogens is 2. The Morgan fingerprint density at radius 2 is 1.94 bits per heavy atom. The van der Waals surface area contributed by atoms with Gasteiger partial charge < -0.3 is 5.11 Å². The van der Waals surface area contributed by atoms with Gasteiger partial charge in [-0.05, 0) is 17.7 Å². The highest BCUT2D eigenvalue weighted by atomic mass is 19.1. The van der Waals surface area contributed by atoms with E-state index in [0.717, 1.165) is 23.1 Å². The summed E-state index contributed by atoms with van der Waals surface area (Å²) in [6, 6.07) is 4.96. The topological polar surface area (TPSA) is 50.9 Å². The van der Waals surface area contributed by atoms with Crippen LogP contribution >= 0.6 is 0 Å². The van der Waals surface area contributed by atoms with E-state index in [2.05, 4.69) is 10.1 Å². The molecular formula is C10H9F2N3O. The first-order chi connectivity index (χ1) is 7.68. The SMILES string of the molecule is OC(c1ccc(F)cc1)C(F)n1cncn1. The van der Waals surface area contributed by atoms with Crippen LogP contribution in [-0.2, 0) is 0 Å². The summed E-state index contributed by atoms with van der Waals surface area (Å²) in [6.45, 7) is 0. The molecule has 6 heteroatoms. The van der Waals surface area contributed by atoms with Crippen LogP contribution in [0.3, 0.4) is 0 Å². The average Bonchev–Trinajstić information content (AvgIpc) is 2.81. The van der Waals surface area contributed by atoms with Crippen LogP contribution in [0.4, 0.5) is 8.78 Å². The van der Waals surface area contributed by atoms with E-state index < -0.39 is 18.2 Å². The molecule has 1 N–H and O–H groups in total. The van der Waals surface area contributed by atoms with Gasteiger partial charge in [0.2, 0.25) is 6.30 Å². The maximum Gasteiger partial charge on any atom is 0.223 e. The van der Waals surface area contributed by atoms with Gasteiger partial charge in [0.25, 0.3) is 0 Å². The molecule has 0 radical (unpaired) electrons. The number of benzene rings is 1. The van der Waals surface area contributed by atoms with E-state index in [4.69, 9.17) is 0 Å². The molecule has 4 nitrogen and oxygen atoms in total. The van der Waals surface area contributed by atoms with Crippen LogP contribution in [0.15, 0.2) is 36.9 Å². The van der Waals surface area contributed by atoms with Crippen LogP contribution < -0.4 is 0 Å². The molecular weight excluding hydrogens is 216 g/mol. The predicted octanol–water partition coefficient (Wildman–Crippen LogP) is 1.62. The van der Waals surface area contributed by atoms with E-state index >= 15 is 0 Å². The van der Waals surface area contributed by atoms with Crippen molar-refractivity contribution < 1.29 is 13.9 Å². The van der Waals surface area contributed by atoms with Gasteiger partial charge in [-0.15, -0.1) is 0 Å². The maximum absolute atomic E-state index is 13.7. The van der Waals surface area contributed by atoms with E-state index in [0.29, 0.717) is 0 Å². The van der Waals surface area contributed by atoms with Gasteiger partial charge in [0.05, 0.1) is 0 Å². The number of aromatic nitrogens is 3. The standard InChI is InChI=1S/C10H9F2N3O/c11-8-3-1-7(2-4-8)9(16)10(12)15-6-13-5-14-15/h1-6,9-10,16H. The van der Waals surface area contributed by atoms with Crippen molar-refractivity contribution in [1.29, 1.82) is 0 Å². The van der Waals surface area contributed by atoms with Gasteiger partial charge in [-0.2, -0.15) is 5.10 Å². The van der Waals surface area contributed by atoms with Gasteiger partial charge in [-0.1, -0.05) is 12.1 Å². The molecule has 0 fully saturated rings. The fourth-order valence-corrected chi connectivity index (χ4v) is 1.31. The van der Waals surface area contributed by atoms with Crippen LogP contribution in [0.2, 0.25) is 0 Å². The second kappa shape index (κ2) is 4.36. The molecule has 16 heavy (non-hydrogen) atoms. The molecule has 0 saturated heterocycles. The lowest BCUT2D eigenvalue weighted by molar-refractivity contribution is 0.0253. The molecule has 0 bridgehead atoms. The minimum absolute atomic E-state index is 0.282. The number of nitrogens with zero attached hydrogens (tertiary/aromatic N) is 3. The van der Waals surface area contributed by atoms with Crippen LogP contribution in [0.1, 0.15) is 18.0 Å². The lowest BCUT2D eigenvalue weighted by Crippen LogP contribution is -2.14. The van der Waals surface area contributed by atoms with Crippen LogP contribution in [0, 0.1) is 5.82 Å². The maximum atomic E-state index is 13.7. The summed E-state index contributed by atoms with van der Waals surface area (Å²) in [5.41, 5.74) is 0.282. The van der Waals surface area contributed by atoms with E-state index in [1.54, 1.807) is 0 Å². The highest BCUT2D eigenvalue weighted by Crippen LogP contribution is 2.26. The van der Waals surface area contributed by atoms with Crippen LogP contribution in [-0.4, -0.2) is 19.9 Å². The fraction of sp³-hybridized carbons (Fsp3) is 0.200. The quantitative estimate of drug-likeness (QED) is 0.863. The van der Waals surface area contributed by atoms with E-state index in [1.165, 1.54) is 18.5 Å². The summed E-state index contributed by atoms with van der Waals surface area (Å²) in [7, 11) is 0. The van der Waals surface area contributed by atoms with Crippen LogP contribution in [0.25, 0.3) is 0 Å². The highest BCUT2D eigenvalue weighted by molar-refractivity contribution is 5.18. The van der Waals surface area contributed by atoms with Crippen molar-refractivity contribution in [1.82, 2.24) is 14.8 Å². The Bertz CT molecular complexity index is 444. The van der Waals surface area contributed by atoms with Gasteiger partial charge in [-0.3, -0.25) is 0 Å². The Kier molecular flexibility index (Phi) is 2.91. The Labute approximate surface area is 90.2 Å². The molecule has 1 aromatic heterocycles. The van der Waals surface area contributed by atoms with Gasteiger partial charge in [0.15, 0.2) is 0 Å². The van der Waals surface area contributed by atoms with Gasteiger partial charge in [-0.25, -0.2) is 18.4 Å². The molecule has 0 spiro atoms. The van der Waals surface area contributed by atoms with Crippen molar-refractivity contribution >= 4 is 0 Å². The first-order valence-corrected chi connectivity index (χ1v) is 4.60. The summed E-state index contributed by atoms with van der Waals surface area (Å²) in [4.78, 5) is 3.57. The molecule has 84 valence electrons. The van der Waals surface area contributed by atoms with Crippen molar-refractivity contribution in [3.8, 4) is 0 Å². The monoisotopic (exact) mass is 225 g/mol. The molecule has 1 heterocycles. The van der Waals surface area contributed by atoms with Crippen molar-refractivity contribution in [2.24, 2.45) is 0 Å². The second-order valence-corrected chi connectivity index (χ2v) is 3.24. The summed E-state index contributed by atoms with van der Waals surface area (Å²) < 4.78 is 27.2. The third-order valence-electron chi connectivity index (χ3n) is 2.16. The molecule has 0 amide bonds. The normalized spacial score (nSPS) is 14.7. The third-order valence-corrected chi connectivity index (χ3v) is 2.16. The van der Waals surface area contributed by atoms with E-state index in [9.17, 15) is 13.9 Å². The average molecular weight is 225 g/mol. The number of hydrogen-bond donors (Lipinski definition) is 1. The Hall–Kier alpha value is -1.82. The summed E-state index contributed by atoms with van der Waals surface area (Å²) in [5, 5.41) is 13.2. The van der Waals surface area contributed by atoms with Crippen molar-refractivity contribution in [2.75, 3.05) is 0 Å². The molecule has 0 aliphatic rings. The van der Waals surface area contributed by atoms with E-state index in [-0.39, 0.29) is 5.56 Å². The second-order valence-electron chi connectivity index (χ2n) is 3.24. The first-order valence-electron chi connectivity index (χ1n) is 4.60. The molecule has 0 aliphatic carbocycles. The number of alkyl halides is 1. The Morgan fingerprint density at radius 3 is 2.50 bits per heavy atom. The number of aliphatic hydroxyl groups excluding tert-OH is 1. The van der Waals surface area contributed by atoms with E-state index in [1.807, 2.05) is 0 Å². The zero-order valence-electron chi connectivity index (χ0n) is 8.16. The molecule has 2 unspecified atom stereocenters. The van der Waals surface area contributed by atoms with Gasteiger partial charge in [0, 0.05) is 0 Å². The van der Waals surface area contributed by atoms with Crippen molar-refractivity contribution in [3.63, 3.8) is 0 Å². The van der Waals surface area contributed by atoms with Gasteiger partial charge in [0.1, 0.15) is 24.6 Å². The summed E-state index contributed by atoms with van der Waals surface area (Å²) >= 11 is 0. The molecule has 2 rings (SSSR count). The lowest BCUT2D eigenvalue weighted by atomic mass is 10.1. The number of hydrogen-bond acceptors (Lipinski definition) is 3. The number of aliphatic hydroxyl groups is 1. The third kappa shape index (κ3) is 2.06. The molecule has 2 atom stereocenters. The fourth-order valence-electron chi connectivity index (χ4n) is 1.31. The molecule has 1 aromatic carbocycles. The largest absolute Gasteiger partial charge is 0.383 e. The minimum atomic E-state index is -1.74. The smallest absolute Gasteiger partial charge is 0.223 e. The van der Waals surface area contributed by atoms with Crippen molar-refractivity contribution in [2.45, 2.75) is 12.4 Å². The van der Waals surface area contributed by atoms with Crippen LogP contribution in [0.5, 0.6) is 0 Å². The predicted molar refractivity (Wildman–Crippen MR) is 51.5 cm³/mol. The Balaban J connectivity index is 2.19. The zero-order valence-corrected chi connectivity index (χ0v) is 8.16. The summed E-state index contributed by atoms with van der Waals surface area (Å²) in [5.74, 6) is -0.438. The minimum Gasteiger partial charge on any atom is -0.383 e. The first kappa shape index (κ1) is 10.7. The highest BCUT2D eigenvalue weighted by Gasteiger charge is 2.22. The van der Waals surface area contributed by atoms with Gasteiger partial charge >= 0.3 is 0 Å². The lowest BCUT2D eigenvalue weighted by Gasteiger charge is -2.15. The molecule has 0 saturated carbocycles.